The van der Waals surface area contributed by atoms with Crippen LogP contribution in [0.1, 0.15) is 13.8 Å². The van der Waals surface area contributed by atoms with E-state index in [1.54, 1.807) is 11.1 Å². The zero-order valence-electron chi connectivity index (χ0n) is 6.09. The molecule has 0 aliphatic carbocycles. The van der Waals surface area contributed by atoms with Gasteiger partial charge in [0.05, 0.1) is 0 Å². The second-order valence-electron chi connectivity index (χ2n) is 1.83. The lowest BCUT2D eigenvalue weighted by atomic mass is 10.4. The van der Waals surface area contributed by atoms with E-state index in [0.717, 1.165) is 12.2 Å². The Balaban J connectivity index is 3.84. The average molecular weight is 126 g/mol. The molecular formula is C7H14N2. The minimum absolute atomic E-state index is 0.830. The van der Waals surface area contributed by atoms with Gasteiger partial charge in [-0.1, -0.05) is 12.7 Å². The van der Waals surface area contributed by atoms with Crippen LogP contribution >= 0.6 is 0 Å². The summed E-state index contributed by atoms with van der Waals surface area (Å²) in [5.41, 5.74) is 1.03. The highest BCUT2D eigenvalue weighted by atomic mass is 15.4. The van der Waals surface area contributed by atoms with Crippen molar-refractivity contribution in [3.8, 4) is 0 Å². The largest absolute Gasteiger partial charge is 0.316 e. The summed E-state index contributed by atoms with van der Waals surface area (Å²) in [4.78, 5) is 0. The Kier molecular flexibility index (Phi) is 3.80. The SMILES string of the molecule is C=C/C=C(/C)N(N)CC. The van der Waals surface area contributed by atoms with E-state index < -0.39 is 0 Å². The van der Waals surface area contributed by atoms with Gasteiger partial charge < -0.3 is 5.01 Å². The zero-order valence-corrected chi connectivity index (χ0v) is 6.09. The van der Waals surface area contributed by atoms with Crippen LogP contribution in [-0.4, -0.2) is 11.6 Å². The van der Waals surface area contributed by atoms with E-state index in [1.165, 1.54) is 0 Å². The summed E-state index contributed by atoms with van der Waals surface area (Å²) < 4.78 is 0. The molecule has 52 valence electrons. The average Bonchev–Trinajstić information content (AvgIpc) is 1.87. The molecule has 0 saturated heterocycles. The molecule has 0 aliphatic rings. The molecule has 0 aromatic heterocycles. The van der Waals surface area contributed by atoms with E-state index in [-0.39, 0.29) is 0 Å². The van der Waals surface area contributed by atoms with Crippen LogP contribution in [0.15, 0.2) is 24.4 Å². The minimum Gasteiger partial charge on any atom is -0.316 e. The van der Waals surface area contributed by atoms with Crippen LogP contribution in [0.3, 0.4) is 0 Å². The second kappa shape index (κ2) is 4.15. The number of rotatable bonds is 3. The lowest BCUT2D eigenvalue weighted by Gasteiger charge is -2.15. The van der Waals surface area contributed by atoms with Crippen molar-refractivity contribution < 1.29 is 0 Å². The van der Waals surface area contributed by atoms with E-state index in [0.29, 0.717) is 0 Å². The van der Waals surface area contributed by atoms with Gasteiger partial charge in [0, 0.05) is 12.2 Å². The number of nitrogens with two attached hydrogens (primary N) is 1. The lowest BCUT2D eigenvalue weighted by molar-refractivity contribution is 0.380. The van der Waals surface area contributed by atoms with Crippen LogP contribution < -0.4 is 5.84 Å². The molecule has 0 atom stereocenters. The van der Waals surface area contributed by atoms with Crippen LogP contribution in [0, 0.1) is 0 Å². The van der Waals surface area contributed by atoms with Crippen molar-refractivity contribution in [1.29, 1.82) is 0 Å². The highest BCUT2D eigenvalue weighted by Gasteiger charge is 1.90. The van der Waals surface area contributed by atoms with Crippen LogP contribution in [0.4, 0.5) is 0 Å². The molecule has 0 unspecified atom stereocenters. The number of hydrogen-bond acceptors (Lipinski definition) is 2. The van der Waals surface area contributed by atoms with Crippen LogP contribution in [-0.2, 0) is 0 Å². The Labute approximate surface area is 56.6 Å². The van der Waals surface area contributed by atoms with Gasteiger partial charge in [-0.05, 0) is 19.9 Å². The van der Waals surface area contributed by atoms with E-state index in [1.807, 2.05) is 19.9 Å². The van der Waals surface area contributed by atoms with Gasteiger partial charge in [-0.25, -0.2) is 5.84 Å². The quantitative estimate of drug-likeness (QED) is 0.350. The van der Waals surface area contributed by atoms with Crippen molar-refractivity contribution in [3.05, 3.63) is 24.4 Å². The first-order chi connectivity index (χ1) is 4.22. The van der Waals surface area contributed by atoms with E-state index in [2.05, 4.69) is 6.58 Å². The Morgan fingerprint density at radius 3 is 2.67 bits per heavy atom. The lowest BCUT2D eigenvalue weighted by Crippen LogP contribution is -2.28. The van der Waals surface area contributed by atoms with Gasteiger partial charge in [0.1, 0.15) is 0 Å². The summed E-state index contributed by atoms with van der Waals surface area (Å²) in [7, 11) is 0. The molecule has 0 aromatic carbocycles. The molecule has 0 fully saturated rings. The topological polar surface area (TPSA) is 29.3 Å². The van der Waals surface area contributed by atoms with E-state index >= 15 is 0 Å². The van der Waals surface area contributed by atoms with Gasteiger partial charge in [-0.3, -0.25) is 0 Å². The third kappa shape index (κ3) is 2.93. The molecule has 2 N–H and O–H groups in total. The van der Waals surface area contributed by atoms with E-state index in [9.17, 15) is 0 Å². The third-order valence-electron chi connectivity index (χ3n) is 1.15. The predicted octanol–water partition coefficient (Wildman–Crippen LogP) is 1.27. The fourth-order valence-corrected chi connectivity index (χ4v) is 0.516. The van der Waals surface area contributed by atoms with Gasteiger partial charge in [0.15, 0.2) is 0 Å². The molecule has 0 radical (unpaired) electrons. The first-order valence-electron chi connectivity index (χ1n) is 3.04. The van der Waals surface area contributed by atoms with E-state index in [4.69, 9.17) is 5.84 Å². The van der Waals surface area contributed by atoms with Crippen LogP contribution in [0.5, 0.6) is 0 Å². The maximum atomic E-state index is 5.52. The maximum absolute atomic E-state index is 5.52. The molecule has 0 rings (SSSR count). The normalized spacial score (nSPS) is 11.2. The van der Waals surface area contributed by atoms with Gasteiger partial charge in [0.2, 0.25) is 0 Å². The zero-order chi connectivity index (χ0) is 7.28. The van der Waals surface area contributed by atoms with Gasteiger partial charge in [0.25, 0.3) is 0 Å². The van der Waals surface area contributed by atoms with Crippen LogP contribution in [0.2, 0.25) is 0 Å². The third-order valence-corrected chi connectivity index (χ3v) is 1.15. The molecule has 2 nitrogen and oxygen atoms in total. The molecule has 0 saturated carbocycles. The van der Waals surface area contributed by atoms with Crippen molar-refractivity contribution in [3.63, 3.8) is 0 Å². The first-order valence-corrected chi connectivity index (χ1v) is 3.04. The van der Waals surface area contributed by atoms with Crippen LogP contribution in [0.25, 0.3) is 0 Å². The van der Waals surface area contributed by atoms with Crippen molar-refractivity contribution in [2.24, 2.45) is 5.84 Å². The number of nitrogens with zero attached hydrogens (tertiary/aromatic N) is 1. The number of allylic oxidation sites excluding steroid dienone is 3. The van der Waals surface area contributed by atoms with Gasteiger partial charge >= 0.3 is 0 Å². The summed E-state index contributed by atoms with van der Waals surface area (Å²) in [5.74, 6) is 5.52. The highest BCUT2D eigenvalue weighted by molar-refractivity contribution is 5.05. The first kappa shape index (κ1) is 8.24. The standard InChI is InChI=1S/C7H14N2/c1-4-6-7(3)9(8)5-2/h4,6H,1,5,8H2,2-3H3/b7-6-. The summed E-state index contributed by atoms with van der Waals surface area (Å²) in [6.07, 6.45) is 3.61. The molecule has 9 heavy (non-hydrogen) atoms. The monoisotopic (exact) mass is 126 g/mol. The second-order valence-corrected chi connectivity index (χ2v) is 1.83. The van der Waals surface area contributed by atoms with Gasteiger partial charge in [-0.15, -0.1) is 0 Å². The number of hydrazine groups is 1. The van der Waals surface area contributed by atoms with Crippen molar-refractivity contribution in [1.82, 2.24) is 5.01 Å². The smallest absolute Gasteiger partial charge is 0.0309 e. The fourth-order valence-electron chi connectivity index (χ4n) is 0.516. The Bertz CT molecular complexity index is 116. The summed E-state index contributed by atoms with van der Waals surface area (Å²) in [6.45, 7) is 8.34. The maximum Gasteiger partial charge on any atom is 0.0309 e. The minimum atomic E-state index is 0.830. The van der Waals surface area contributed by atoms with Crippen molar-refractivity contribution in [2.75, 3.05) is 6.54 Å². The molecular weight excluding hydrogens is 112 g/mol. The summed E-state index contributed by atoms with van der Waals surface area (Å²) in [5, 5.41) is 1.67. The molecule has 0 aromatic rings. The molecule has 0 aliphatic heterocycles. The Morgan fingerprint density at radius 1 is 1.78 bits per heavy atom. The number of hydrogen-bond donors (Lipinski definition) is 1. The molecule has 0 spiro atoms. The Hall–Kier alpha value is -0.760. The molecule has 0 amide bonds. The summed E-state index contributed by atoms with van der Waals surface area (Å²) >= 11 is 0. The molecule has 0 bridgehead atoms. The summed E-state index contributed by atoms with van der Waals surface area (Å²) in [6, 6.07) is 0. The molecule has 0 heterocycles. The highest BCUT2D eigenvalue weighted by Crippen LogP contribution is 1.94. The van der Waals surface area contributed by atoms with Gasteiger partial charge in [-0.2, -0.15) is 0 Å². The Morgan fingerprint density at radius 2 is 2.33 bits per heavy atom. The van der Waals surface area contributed by atoms with Crippen molar-refractivity contribution in [2.45, 2.75) is 13.8 Å². The fraction of sp³-hybridized carbons (Fsp3) is 0.429. The molecule has 2 heteroatoms. The van der Waals surface area contributed by atoms with Crippen molar-refractivity contribution >= 4 is 0 Å². The predicted molar refractivity (Wildman–Crippen MR) is 40.5 cm³/mol.